The van der Waals surface area contributed by atoms with Crippen LogP contribution in [-0.2, 0) is 22.5 Å². The van der Waals surface area contributed by atoms with Gasteiger partial charge in [-0.05, 0) is 44.7 Å². The summed E-state index contributed by atoms with van der Waals surface area (Å²) in [5.74, 6) is -0.432. The SMILES string of the molecule is CCOC(=O)C1CCCc2sc3nc(C)n(CC(=O)c4c[nH]c5ccccc45)c(=O)c3c21. The van der Waals surface area contributed by atoms with Crippen molar-refractivity contribution in [1.82, 2.24) is 14.5 Å². The van der Waals surface area contributed by atoms with Gasteiger partial charge in [0.15, 0.2) is 5.78 Å². The number of ketones is 1. The lowest BCUT2D eigenvalue weighted by Crippen LogP contribution is -2.29. The third kappa shape index (κ3) is 3.26. The number of hydrogen-bond donors (Lipinski definition) is 1. The molecule has 32 heavy (non-hydrogen) atoms. The third-order valence-corrected chi connectivity index (χ3v) is 7.28. The number of carbonyl (C=O) groups is 2. The summed E-state index contributed by atoms with van der Waals surface area (Å²) in [4.78, 5) is 48.8. The molecular weight excluding hydrogens is 426 g/mol. The third-order valence-electron chi connectivity index (χ3n) is 6.12. The van der Waals surface area contributed by atoms with Crippen molar-refractivity contribution in [2.24, 2.45) is 0 Å². The van der Waals surface area contributed by atoms with Gasteiger partial charge in [-0.1, -0.05) is 18.2 Å². The van der Waals surface area contributed by atoms with E-state index in [2.05, 4.69) is 9.97 Å². The van der Waals surface area contributed by atoms with Gasteiger partial charge in [0.1, 0.15) is 10.7 Å². The van der Waals surface area contributed by atoms with E-state index in [4.69, 9.17) is 4.74 Å². The largest absolute Gasteiger partial charge is 0.466 e. The van der Waals surface area contributed by atoms with Gasteiger partial charge in [0.25, 0.3) is 5.56 Å². The summed E-state index contributed by atoms with van der Waals surface area (Å²) in [7, 11) is 0. The van der Waals surface area contributed by atoms with Gasteiger partial charge in [-0.3, -0.25) is 19.0 Å². The molecule has 0 amide bonds. The Bertz CT molecular complexity index is 1430. The summed E-state index contributed by atoms with van der Waals surface area (Å²) in [6.07, 6.45) is 4.02. The Kier molecular flexibility index (Phi) is 5.17. The van der Waals surface area contributed by atoms with Crippen LogP contribution in [0.15, 0.2) is 35.3 Å². The lowest BCUT2D eigenvalue weighted by Gasteiger charge is -2.21. The second-order valence-corrected chi connectivity index (χ2v) is 9.12. The van der Waals surface area contributed by atoms with Crippen molar-refractivity contribution in [3.05, 3.63) is 62.6 Å². The molecule has 0 bridgehead atoms. The van der Waals surface area contributed by atoms with Crippen molar-refractivity contribution in [3.8, 4) is 0 Å². The first kappa shape index (κ1) is 20.6. The van der Waals surface area contributed by atoms with Gasteiger partial charge in [0.05, 0.1) is 24.5 Å². The number of aryl methyl sites for hydroxylation is 2. The zero-order valence-corrected chi connectivity index (χ0v) is 18.8. The summed E-state index contributed by atoms with van der Waals surface area (Å²) in [6, 6.07) is 7.57. The van der Waals surface area contributed by atoms with E-state index >= 15 is 0 Å². The van der Waals surface area contributed by atoms with Gasteiger partial charge < -0.3 is 9.72 Å². The molecule has 3 heterocycles. The van der Waals surface area contributed by atoms with E-state index in [-0.39, 0.29) is 23.9 Å². The Hall–Kier alpha value is -3.26. The average Bonchev–Trinajstić information content (AvgIpc) is 3.37. The monoisotopic (exact) mass is 449 g/mol. The topological polar surface area (TPSA) is 94.0 Å². The number of Topliss-reactive ketones (excluding diaryl/α,β-unsaturated/α-hetero) is 1. The lowest BCUT2D eigenvalue weighted by atomic mass is 9.86. The first-order valence-corrected chi connectivity index (χ1v) is 11.6. The Balaban J connectivity index is 1.60. The Labute approximate surface area is 188 Å². The molecule has 1 unspecified atom stereocenters. The minimum absolute atomic E-state index is 0.107. The second-order valence-electron chi connectivity index (χ2n) is 8.04. The molecule has 164 valence electrons. The number of thiophene rings is 1. The number of ether oxygens (including phenoxy) is 1. The minimum Gasteiger partial charge on any atom is -0.466 e. The number of hydrogen-bond acceptors (Lipinski definition) is 6. The molecule has 3 aromatic heterocycles. The molecule has 4 aromatic rings. The molecule has 1 N–H and O–H groups in total. The first-order chi connectivity index (χ1) is 15.5. The quantitative estimate of drug-likeness (QED) is 0.365. The van der Waals surface area contributed by atoms with Crippen LogP contribution in [0, 0.1) is 6.92 Å². The summed E-state index contributed by atoms with van der Waals surface area (Å²) >= 11 is 1.47. The van der Waals surface area contributed by atoms with Crippen LogP contribution < -0.4 is 5.56 Å². The number of esters is 1. The van der Waals surface area contributed by atoms with Crippen LogP contribution in [-0.4, -0.2) is 32.9 Å². The number of nitrogens with one attached hydrogen (secondary N) is 1. The molecule has 0 radical (unpaired) electrons. The van der Waals surface area contributed by atoms with Gasteiger partial charge in [0, 0.05) is 27.5 Å². The van der Waals surface area contributed by atoms with E-state index in [1.165, 1.54) is 15.9 Å². The van der Waals surface area contributed by atoms with Gasteiger partial charge in [-0.25, -0.2) is 4.98 Å². The number of benzene rings is 1. The molecule has 0 aliphatic heterocycles. The number of para-hydroxylation sites is 1. The fourth-order valence-electron chi connectivity index (χ4n) is 4.61. The van der Waals surface area contributed by atoms with E-state index in [0.29, 0.717) is 34.6 Å². The maximum atomic E-state index is 13.6. The van der Waals surface area contributed by atoms with E-state index < -0.39 is 5.92 Å². The predicted molar refractivity (Wildman–Crippen MR) is 124 cm³/mol. The summed E-state index contributed by atoms with van der Waals surface area (Å²) in [5.41, 5.74) is 1.90. The van der Waals surface area contributed by atoms with Gasteiger partial charge in [-0.15, -0.1) is 11.3 Å². The average molecular weight is 450 g/mol. The zero-order valence-electron chi connectivity index (χ0n) is 17.9. The number of fused-ring (bicyclic) bond motifs is 4. The number of aromatic amines is 1. The van der Waals surface area contributed by atoms with Gasteiger partial charge in [-0.2, -0.15) is 0 Å². The van der Waals surface area contributed by atoms with Crippen molar-refractivity contribution < 1.29 is 14.3 Å². The van der Waals surface area contributed by atoms with Crippen LogP contribution in [0.25, 0.3) is 21.1 Å². The molecule has 0 fully saturated rings. The fraction of sp³-hybridized carbons (Fsp3) is 0.333. The van der Waals surface area contributed by atoms with Crippen LogP contribution in [0.2, 0.25) is 0 Å². The minimum atomic E-state index is -0.456. The van der Waals surface area contributed by atoms with Crippen LogP contribution >= 0.6 is 11.3 Å². The standard InChI is InChI=1S/C24H23N3O4S/c1-3-31-24(30)15-8-6-10-19-20(15)21-22(32-19)26-13(2)27(23(21)29)12-18(28)16-11-25-17-9-5-4-7-14(16)17/h4-5,7,9,11,15,25H,3,6,8,10,12H2,1-2H3. The van der Waals surface area contributed by atoms with Crippen molar-refractivity contribution in [3.63, 3.8) is 0 Å². The van der Waals surface area contributed by atoms with Crippen LogP contribution in [0.1, 0.15) is 52.3 Å². The van der Waals surface area contributed by atoms with E-state index in [9.17, 15) is 14.4 Å². The smallest absolute Gasteiger partial charge is 0.313 e. The molecule has 1 aromatic carbocycles. The highest BCUT2D eigenvalue weighted by molar-refractivity contribution is 7.18. The summed E-state index contributed by atoms with van der Waals surface area (Å²) in [6.45, 7) is 3.71. The molecular formula is C24H23N3O4S. The lowest BCUT2D eigenvalue weighted by molar-refractivity contribution is -0.145. The van der Waals surface area contributed by atoms with Gasteiger partial charge in [0.2, 0.25) is 0 Å². The zero-order chi connectivity index (χ0) is 22.4. The Morgan fingerprint density at radius 3 is 2.94 bits per heavy atom. The van der Waals surface area contributed by atoms with Crippen molar-refractivity contribution in [2.45, 2.75) is 45.6 Å². The molecule has 0 spiro atoms. The molecule has 0 saturated heterocycles. The second kappa shape index (κ2) is 8.02. The normalized spacial score (nSPS) is 15.8. The highest BCUT2D eigenvalue weighted by Gasteiger charge is 2.33. The molecule has 1 aliphatic carbocycles. The van der Waals surface area contributed by atoms with E-state index in [1.54, 1.807) is 20.0 Å². The molecule has 8 heteroatoms. The highest BCUT2D eigenvalue weighted by Crippen LogP contribution is 2.41. The van der Waals surface area contributed by atoms with E-state index in [0.717, 1.165) is 34.2 Å². The molecule has 5 rings (SSSR count). The first-order valence-electron chi connectivity index (χ1n) is 10.8. The van der Waals surface area contributed by atoms with Crippen molar-refractivity contribution in [1.29, 1.82) is 0 Å². The van der Waals surface area contributed by atoms with Crippen LogP contribution in [0.3, 0.4) is 0 Å². The number of aromatic nitrogens is 3. The van der Waals surface area contributed by atoms with E-state index in [1.807, 2.05) is 24.3 Å². The Morgan fingerprint density at radius 2 is 2.12 bits per heavy atom. The Morgan fingerprint density at radius 1 is 1.31 bits per heavy atom. The number of H-pyrrole nitrogens is 1. The molecule has 0 saturated carbocycles. The molecule has 1 aliphatic rings. The number of nitrogens with zero attached hydrogens (tertiary/aromatic N) is 2. The van der Waals surface area contributed by atoms with Crippen molar-refractivity contribution >= 4 is 44.2 Å². The summed E-state index contributed by atoms with van der Waals surface area (Å²) in [5, 5.41) is 1.28. The van der Waals surface area contributed by atoms with Crippen molar-refractivity contribution in [2.75, 3.05) is 6.61 Å². The van der Waals surface area contributed by atoms with Crippen LogP contribution in [0.5, 0.6) is 0 Å². The van der Waals surface area contributed by atoms with Gasteiger partial charge >= 0.3 is 5.97 Å². The maximum absolute atomic E-state index is 13.6. The summed E-state index contributed by atoms with van der Waals surface area (Å²) < 4.78 is 6.71. The highest BCUT2D eigenvalue weighted by atomic mass is 32.1. The number of carbonyl (C=O) groups excluding carboxylic acids is 2. The predicted octanol–water partition coefficient (Wildman–Crippen LogP) is 4.11. The fourth-order valence-corrected chi connectivity index (χ4v) is 5.92. The number of rotatable bonds is 5. The van der Waals surface area contributed by atoms with Crippen LogP contribution in [0.4, 0.5) is 0 Å². The molecule has 7 nitrogen and oxygen atoms in total. The maximum Gasteiger partial charge on any atom is 0.313 e. The molecule has 1 atom stereocenters.